The molecule has 1 amide bonds. The molecule has 7 nitrogen and oxygen atoms in total. The van der Waals surface area contributed by atoms with Gasteiger partial charge in [-0.2, -0.15) is 4.31 Å². The fraction of sp³-hybridized carbons (Fsp3) is 0.304. The van der Waals surface area contributed by atoms with Gasteiger partial charge in [0.25, 0.3) is 0 Å². The lowest BCUT2D eigenvalue weighted by Gasteiger charge is -2.42. The van der Waals surface area contributed by atoms with Crippen molar-refractivity contribution in [2.24, 2.45) is 5.92 Å². The summed E-state index contributed by atoms with van der Waals surface area (Å²) in [5.74, 6) is -0.206. The zero-order valence-corrected chi connectivity index (χ0v) is 17.9. The summed E-state index contributed by atoms with van der Waals surface area (Å²) in [6.45, 7) is 3.32. The van der Waals surface area contributed by atoms with E-state index in [9.17, 15) is 13.2 Å². The summed E-state index contributed by atoms with van der Waals surface area (Å²) < 4.78 is 27.4. The molecule has 0 bridgehead atoms. The van der Waals surface area contributed by atoms with Crippen molar-refractivity contribution in [3.05, 3.63) is 67.0 Å². The van der Waals surface area contributed by atoms with Crippen molar-refractivity contribution >= 4 is 32.4 Å². The third kappa shape index (κ3) is 3.77. The monoisotopic (exact) mass is 436 g/mol. The van der Waals surface area contributed by atoms with E-state index < -0.39 is 10.0 Å². The van der Waals surface area contributed by atoms with Crippen LogP contribution in [0.5, 0.6) is 0 Å². The first-order chi connectivity index (χ1) is 15.0. The number of hydrogen-bond donors (Lipinski definition) is 0. The summed E-state index contributed by atoms with van der Waals surface area (Å²) >= 11 is 0. The van der Waals surface area contributed by atoms with Crippen LogP contribution in [0.25, 0.3) is 10.8 Å². The normalized spacial score (nSPS) is 18.2. The van der Waals surface area contributed by atoms with Crippen molar-refractivity contribution in [1.82, 2.24) is 14.2 Å². The summed E-state index contributed by atoms with van der Waals surface area (Å²) in [5, 5.41) is 1.90. The van der Waals surface area contributed by atoms with Gasteiger partial charge in [0.15, 0.2) is 0 Å². The second-order valence-electron chi connectivity index (χ2n) is 8.05. The first-order valence-electron chi connectivity index (χ1n) is 10.4. The molecule has 0 atom stereocenters. The van der Waals surface area contributed by atoms with Gasteiger partial charge in [-0.25, -0.2) is 8.42 Å². The SMILES string of the molecule is O=C(C1CN(S(=O)(=O)c2ccc3ccccc3c2)C1)N1CCN(c2ccncc2)CC1. The first-order valence-corrected chi connectivity index (χ1v) is 11.9. The lowest BCUT2D eigenvalue weighted by molar-refractivity contribution is -0.139. The van der Waals surface area contributed by atoms with E-state index in [1.165, 1.54) is 4.31 Å². The maximum atomic E-state index is 13.0. The zero-order valence-electron chi connectivity index (χ0n) is 17.1. The lowest BCUT2D eigenvalue weighted by atomic mass is 10.0. The van der Waals surface area contributed by atoms with Crippen LogP contribution in [-0.4, -0.2) is 67.8 Å². The van der Waals surface area contributed by atoms with Crippen molar-refractivity contribution < 1.29 is 13.2 Å². The van der Waals surface area contributed by atoms with Crippen LogP contribution in [0.1, 0.15) is 0 Å². The molecular weight excluding hydrogens is 412 g/mol. The molecule has 3 heterocycles. The molecule has 2 aromatic carbocycles. The molecule has 2 aliphatic heterocycles. The number of hydrogen-bond acceptors (Lipinski definition) is 5. The van der Waals surface area contributed by atoms with Crippen molar-refractivity contribution in [3.63, 3.8) is 0 Å². The highest BCUT2D eigenvalue weighted by Gasteiger charge is 2.42. The largest absolute Gasteiger partial charge is 0.368 e. The molecule has 0 saturated carbocycles. The number of piperazine rings is 1. The Hall–Kier alpha value is -2.97. The molecule has 0 radical (unpaired) electrons. The standard InChI is InChI=1S/C23H24N4O3S/c28-23(26-13-11-25(12-14-26)21-7-9-24-10-8-21)20-16-27(17-20)31(29,30)22-6-5-18-3-1-2-4-19(18)15-22/h1-10,15,20H,11-14,16-17H2. The Labute approximate surface area is 181 Å². The van der Waals surface area contributed by atoms with E-state index in [0.717, 1.165) is 29.5 Å². The minimum Gasteiger partial charge on any atom is -0.368 e. The Balaban J connectivity index is 1.19. The Morgan fingerprint density at radius 2 is 1.55 bits per heavy atom. The summed E-state index contributed by atoms with van der Waals surface area (Å²) in [6, 6.07) is 16.8. The average Bonchev–Trinajstić information content (AvgIpc) is 2.78. The number of amides is 1. The fourth-order valence-corrected chi connectivity index (χ4v) is 5.83. The summed E-state index contributed by atoms with van der Waals surface area (Å²) in [6.07, 6.45) is 3.54. The summed E-state index contributed by atoms with van der Waals surface area (Å²) in [7, 11) is -3.59. The van der Waals surface area contributed by atoms with E-state index in [2.05, 4.69) is 9.88 Å². The number of rotatable bonds is 4. The minimum absolute atomic E-state index is 0.0549. The van der Waals surface area contributed by atoms with E-state index in [1.807, 2.05) is 47.4 Å². The van der Waals surface area contributed by atoms with Crippen LogP contribution in [0.4, 0.5) is 5.69 Å². The Kier molecular flexibility index (Phi) is 5.11. The molecule has 8 heteroatoms. The maximum absolute atomic E-state index is 13.0. The van der Waals surface area contributed by atoms with E-state index in [-0.39, 0.29) is 29.8 Å². The first kappa shape index (κ1) is 20.0. The quantitative estimate of drug-likeness (QED) is 0.627. The van der Waals surface area contributed by atoms with Crippen LogP contribution in [0, 0.1) is 5.92 Å². The van der Waals surface area contributed by atoms with Gasteiger partial charge in [0, 0.05) is 57.3 Å². The molecule has 160 valence electrons. The van der Waals surface area contributed by atoms with Crippen molar-refractivity contribution in [3.8, 4) is 0 Å². The van der Waals surface area contributed by atoms with Gasteiger partial charge in [0.05, 0.1) is 10.8 Å². The number of carbonyl (C=O) groups excluding carboxylic acids is 1. The van der Waals surface area contributed by atoms with Gasteiger partial charge in [-0.05, 0) is 35.0 Å². The van der Waals surface area contributed by atoms with Crippen LogP contribution >= 0.6 is 0 Å². The Bertz CT molecular complexity index is 1200. The van der Waals surface area contributed by atoms with Crippen LogP contribution in [-0.2, 0) is 14.8 Å². The zero-order chi connectivity index (χ0) is 21.4. The molecule has 2 saturated heterocycles. The molecule has 3 aromatic rings. The van der Waals surface area contributed by atoms with Crippen molar-refractivity contribution in [2.75, 3.05) is 44.2 Å². The molecule has 0 N–H and O–H groups in total. The number of benzene rings is 2. The summed E-state index contributed by atoms with van der Waals surface area (Å²) in [5.41, 5.74) is 1.11. The second-order valence-corrected chi connectivity index (χ2v) is 9.98. The average molecular weight is 437 g/mol. The predicted octanol–water partition coefficient (Wildman–Crippen LogP) is 2.20. The third-order valence-electron chi connectivity index (χ3n) is 6.18. The van der Waals surface area contributed by atoms with Crippen LogP contribution in [0.3, 0.4) is 0 Å². The number of fused-ring (bicyclic) bond motifs is 1. The third-order valence-corrected chi connectivity index (χ3v) is 8.00. The molecule has 0 spiro atoms. The number of sulfonamides is 1. The van der Waals surface area contributed by atoms with Crippen LogP contribution in [0.15, 0.2) is 71.9 Å². The van der Waals surface area contributed by atoms with E-state index in [1.54, 1.807) is 24.5 Å². The molecule has 2 fully saturated rings. The molecule has 31 heavy (non-hydrogen) atoms. The smallest absolute Gasteiger partial charge is 0.243 e. The molecule has 5 rings (SSSR count). The van der Waals surface area contributed by atoms with Gasteiger partial charge in [0.1, 0.15) is 0 Å². The van der Waals surface area contributed by atoms with E-state index >= 15 is 0 Å². The molecule has 1 aromatic heterocycles. The van der Waals surface area contributed by atoms with Crippen LogP contribution in [0.2, 0.25) is 0 Å². The second kappa shape index (κ2) is 7.94. The molecular formula is C23H24N4O3S. The molecule has 0 aliphatic carbocycles. The van der Waals surface area contributed by atoms with Gasteiger partial charge < -0.3 is 9.80 Å². The predicted molar refractivity (Wildman–Crippen MR) is 119 cm³/mol. The molecule has 2 aliphatic rings. The van der Waals surface area contributed by atoms with Gasteiger partial charge >= 0.3 is 0 Å². The highest BCUT2D eigenvalue weighted by molar-refractivity contribution is 7.89. The number of pyridine rings is 1. The fourth-order valence-electron chi connectivity index (χ4n) is 4.27. The number of nitrogens with zero attached hydrogens (tertiary/aromatic N) is 4. The van der Waals surface area contributed by atoms with E-state index in [4.69, 9.17) is 0 Å². The van der Waals surface area contributed by atoms with Crippen molar-refractivity contribution in [1.29, 1.82) is 0 Å². The van der Waals surface area contributed by atoms with Gasteiger partial charge in [0.2, 0.25) is 15.9 Å². The minimum atomic E-state index is -3.59. The van der Waals surface area contributed by atoms with E-state index in [0.29, 0.717) is 13.1 Å². The maximum Gasteiger partial charge on any atom is 0.243 e. The topological polar surface area (TPSA) is 73.8 Å². The van der Waals surface area contributed by atoms with Gasteiger partial charge in [-0.3, -0.25) is 9.78 Å². The Morgan fingerprint density at radius 3 is 2.26 bits per heavy atom. The Morgan fingerprint density at radius 1 is 0.871 bits per heavy atom. The number of anilines is 1. The number of carbonyl (C=O) groups is 1. The van der Waals surface area contributed by atoms with Crippen molar-refractivity contribution in [2.45, 2.75) is 4.90 Å². The molecule has 0 unspecified atom stereocenters. The van der Waals surface area contributed by atoms with Gasteiger partial charge in [-0.15, -0.1) is 0 Å². The highest BCUT2D eigenvalue weighted by atomic mass is 32.2. The number of aromatic nitrogens is 1. The highest BCUT2D eigenvalue weighted by Crippen LogP contribution is 2.29. The lowest BCUT2D eigenvalue weighted by Crippen LogP contribution is -2.59. The summed E-state index contributed by atoms with van der Waals surface area (Å²) in [4.78, 5) is 21.3. The van der Waals surface area contributed by atoms with Crippen LogP contribution < -0.4 is 4.90 Å². The van der Waals surface area contributed by atoms with Gasteiger partial charge in [-0.1, -0.05) is 30.3 Å².